The summed E-state index contributed by atoms with van der Waals surface area (Å²) in [7, 11) is 0. The second-order valence-electron chi connectivity index (χ2n) is 3.41. The van der Waals surface area contributed by atoms with Crippen molar-refractivity contribution in [3.05, 3.63) is 0 Å². The zero-order chi connectivity index (χ0) is 6.81. The molecule has 4 heteroatoms. The quantitative estimate of drug-likeness (QED) is 0.634. The van der Waals surface area contributed by atoms with Crippen LogP contribution in [0.1, 0.15) is 25.7 Å². The van der Waals surface area contributed by atoms with E-state index in [4.69, 9.17) is 0 Å². The smallest absolute Gasteiger partial charge is 0.0221 e. The van der Waals surface area contributed by atoms with Gasteiger partial charge in [-0.2, -0.15) is 0 Å². The molecule has 0 aromatic rings. The van der Waals surface area contributed by atoms with Gasteiger partial charge in [-0.3, -0.25) is 0 Å². The highest BCUT2D eigenvalue weighted by Crippen LogP contribution is 2.19. The summed E-state index contributed by atoms with van der Waals surface area (Å²) in [6.45, 7) is 2.34. The number of halogens is 2. The first kappa shape index (κ1) is 12.5. The maximum absolute atomic E-state index is 3.56. The van der Waals surface area contributed by atoms with Crippen LogP contribution in [0, 0.1) is 0 Å². The third kappa shape index (κ3) is 2.77. The van der Waals surface area contributed by atoms with Gasteiger partial charge < -0.3 is 10.6 Å². The number of fused-ring (bicyclic) bond motifs is 1. The fourth-order valence-corrected chi connectivity index (χ4v) is 2.13. The van der Waals surface area contributed by atoms with E-state index in [1.54, 1.807) is 0 Å². The predicted octanol–water partition coefficient (Wildman–Crippen LogP) is 1.33. The second-order valence-corrected chi connectivity index (χ2v) is 3.41. The summed E-state index contributed by atoms with van der Waals surface area (Å²) in [6.07, 6.45) is 5.63. The van der Waals surface area contributed by atoms with Crippen molar-refractivity contribution >= 4 is 24.8 Å². The Hall–Kier alpha value is 0.500. The van der Waals surface area contributed by atoms with Crippen molar-refractivity contribution < 1.29 is 0 Å². The maximum Gasteiger partial charge on any atom is 0.0221 e. The zero-order valence-electron chi connectivity index (χ0n) is 7.21. The Morgan fingerprint density at radius 3 is 1.58 bits per heavy atom. The highest BCUT2D eigenvalue weighted by Gasteiger charge is 2.26. The van der Waals surface area contributed by atoms with Crippen LogP contribution in [0.4, 0.5) is 0 Å². The molecule has 1 aliphatic heterocycles. The van der Waals surface area contributed by atoms with Crippen LogP contribution in [0.2, 0.25) is 0 Å². The van der Waals surface area contributed by atoms with Gasteiger partial charge in [0.15, 0.2) is 0 Å². The van der Waals surface area contributed by atoms with Crippen LogP contribution in [0.15, 0.2) is 0 Å². The zero-order valence-corrected chi connectivity index (χ0v) is 8.85. The molecule has 0 aromatic carbocycles. The van der Waals surface area contributed by atoms with Crippen LogP contribution < -0.4 is 10.6 Å². The van der Waals surface area contributed by atoms with Crippen LogP contribution in [-0.4, -0.2) is 25.2 Å². The molecule has 0 spiro atoms. The van der Waals surface area contributed by atoms with Crippen molar-refractivity contribution in [2.24, 2.45) is 0 Å². The van der Waals surface area contributed by atoms with Gasteiger partial charge in [0.05, 0.1) is 0 Å². The topological polar surface area (TPSA) is 24.1 Å². The van der Waals surface area contributed by atoms with E-state index in [0.29, 0.717) is 0 Å². The highest BCUT2D eigenvalue weighted by molar-refractivity contribution is 5.85. The van der Waals surface area contributed by atoms with Gasteiger partial charge in [-0.25, -0.2) is 0 Å². The molecule has 2 rings (SSSR count). The maximum atomic E-state index is 3.56. The summed E-state index contributed by atoms with van der Waals surface area (Å²) in [4.78, 5) is 0. The number of piperazine rings is 1. The average Bonchev–Trinajstić information content (AvgIpc) is 2.05. The molecule has 74 valence electrons. The minimum atomic E-state index is 0. The molecule has 1 heterocycles. The van der Waals surface area contributed by atoms with Crippen molar-refractivity contribution in [2.75, 3.05) is 13.1 Å². The van der Waals surface area contributed by atoms with E-state index >= 15 is 0 Å². The molecule has 1 aliphatic carbocycles. The summed E-state index contributed by atoms with van der Waals surface area (Å²) in [5.74, 6) is 0. The lowest BCUT2D eigenvalue weighted by Crippen LogP contribution is -2.56. The van der Waals surface area contributed by atoms with E-state index in [9.17, 15) is 0 Å². The van der Waals surface area contributed by atoms with E-state index in [1.165, 1.54) is 38.8 Å². The molecule has 0 bridgehead atoms. The predicted molar refractivity (Wildman–Crippen MR) is 56.5 cm³/mol. The molecular weight excluding hydrogens is 195 g/mol. The van der Waals surface area contributed by atoms with Gasteiger partial charge in [-0.1, -0.05) is 12.8 Å². The number of hydrogen-bond acceptors (Lipinski definition) is 2. The normalized spacial score (nSPS) is 34.0. The lowest BCUT2D eigenvalue weighted by molar-refractivity contribution is 0.251. The minimum absolute atomic E-state index is 0. The molecule has 2 N–H and O–H groups in total. The van der Waals surface area contributed by atoms with Crippen molar-refractivity contribution in [3.63, 3.8) is 0 Å². The first-order valence-electron chi connectivity index (χ1n) is 4.43. The summed E-state index contributed by atoms with van der Waals surface area (Å²) in [6, 6.07) is 1.59. The Kier molecular flexibility index (Phi) is 6.28. The van der Waals surface area contributed by atoms with Gasteiger partial charge in [0.1, 0.15) is 0 Å². The molecule has 0 aromatic heterocycles. The van der Waals surface area contributed by atoms with Gasteiger partial charge >= 0.3 is 0 Å². The van der Waals surface area contributed by atoms with Crippen molar-refractivity contribution in [3.8, 4) is 0 Å². The molecule has 2 fully saturated rings. The van der Waals surface area contributed by atoms with Gasteiger partial charge in [0.25, 0.3) is 0 Å². The number of nitrogens with one attached hydrogen (secondary N) is 2. The Morgan fingerprint density at radius 2 is 1.17 bits per heavy atom. The molecule has 2 atom stereocenters. The molecule has 1 saturated carbocycles. The Labute approximate surface area is 86.7 Å². The molecule has 0 unspecified atom stereocenters. The van der Waals surface area contributed by atoms with Crippen LogP contribution in [0.5, 0.6) is 0 Å². The first-order chi connectivity index (χ1) is 4.97. The van der Waals surface area contributed by atoms with Gasteiger partial charge in [-0.05, 0) is 12.8 Å². The summed E-state index contributed by atoms with van der Waals surface area (Å²) in [5.41, 5.74) is 0. The lowest BCUT2D eigenvalue weighted by atomic mass is 9.89. The summed E-state index contributed by atoms with van der Waals surface area (Å²) >= 11 is 0. The van der Waals surface area contributed by atoms with Crippen molar-refractivity contribution in [1.82, 2.24) is 10.6 Å². The SMILES string of the molecule is C1CC[C@@H]2NCCN[C@H]2C1.Cl.Cl. The van der Waals surface area contributed by atoms with Crippen LogP contribution in [0.3, 0.4) is 0 Å². The van der Waals surface area contributed by atoms with Crippen LogP contribution in [-0.2, 0) is 0 Å². The third-order valence-corrected chi connectivity index (χ3v) is 2.70. The van der Waals surface area contributed by atoms with E-state index in [0.717, 1.165) is 12.1 Å². The molecular formula is C8H18Cl2N2. The summed E-state index contributed by atoms with van der Waals surface area (Å²) < 4.78 is 0. The Balaban J connectivity index is 0.000000605. The lowest BCUT2D eigenvalue weighted by Gasteiger charge is -2.37. The minimum Gasteiger partial charge on any atom is -0.311 e. The summed E-state index contributed by atoms with van der Waals surface area (Å²) in [5, 5.41) is 7.12. The van der Waals surface area contributed by atoms with E-state index < -0.39 is 0 Å². The molecule has 12 heavy (non-hydrogen) atoms. The molecule has 0 amide bonds. The second kappa shape index (κ2) is 6.03. The number of hydrogen-bond donors (Lipinski definition) is 2. The molecule has 1 saturated heterocycles. The van der Waals surface area contributed by atoms with E-state index in [1.807, 2.05) is 0 Å². The monoisotopic (exact) mass is 212 g/mol. The Morgan fingerprint density at radius 1 is 0.750 bits per heavy atom. The fraction of sp³-hybridized carbons (Fsp3) is 1.00. The van der Waals surface area contributed by atoms with Crippen molar-refractivity contribution in [2.45, 2.75) is 37.8 Å². The number of rotatable bonds is 0. The van der Waals surface area contributed by atoms with Gasteiger partial charge in [0.2, 0.25) is 0 Å². The third-order valence-electron chi connectivity index (χ3n) is 2.70. The van der Waals surface area contributed by atoms with Crippen LogP contribution in [0.25, 0.3) is 0 Å². The molecule has 0 radical (unpaired) electrons. The van der Waals surface area contributed by atoms with E-state index in [-0.39, 0.29) is 24.8 Å². The van der Waals surface area contributed by atoms with E-state index in [2.05, 4.69) is 10.6 Å². The molecule has 2 nitrogen and oxygen atoms in total. The largest absolute Gasteiger partial charge is 0.311 e. The Bertz CT molecular complexity index is 95.6. The standard InChI is InChI=1S/C8H16N2.2ClH/c1-2-4-8-7(3-1)9-5-6-10-8;;/h7-10H,1-6H2;2*1H/t7-,8-;;/m0../s1. The first-order valence-corrected chi connectivity index (χ1v) is 4.43. The molecule has 2 aliphatic rings. The van der Waals surface area contributed by atoms with Crippen molar-refractivity contribution in [1.29, 1.82) is 0 Å². The fourth-order valence-electron chi connectivity index (χ4n) is 2.13. The van der Waals surface area contributed by atoms with Crippen LogP contribution >= 0.6 is 24.8 Å². The van der Waals surface area contributed by atoms with Gasteiger partial charge in [-0.15, -0.1) is 24.8 Å². The van der Waals surface area contributed by atoms with Gasteiger partial charge in [0, 0.05) is 25.2 Å². The highest BCUT2D eigenvalue weighted by atomic mass is 35.5. The average molecular weight is 213 g/mol.